The Kier molecular flexibility index (Phi) is 4.91. The third kappa shape index (κ3) is 3.74. The number of carbonyl (C=O) groups excluding carboxylic acids is 1. The van der Waals surface area contributed by atoms with Gasteiger partial charge in [0.2, 0.25) is 11.9 Å². The van der Waals surface area contributed by atoms with Crippen LogP contribution in [0.5, 0.6) is 0 Å². The van der Waals surface area contributed by atoms with Gasteiger partial charge >= 0.3 is 0 Å². The molecule has 0 bridgehead atoms. The number of aromatic amines is 1. The SMILES string of the molecule is O=C(CC1CCCC1)NC1CCN(c2nc3ccccc3c(=O)[nH]2)CC1. The highest BCUT2D eigenvalue weighted by molar-refractivity contribution is 5.78. The Labute approximate surface area is 153 Å². The van der Waals surface area contributed by atoms with Crippen LogP contribution < -0.4 is 15.8 Å². The van der Waals surface area contributed by atoms with Crippen LogP contribution in [-0.4, -0.2) is 35.0 Å². The maximum Gasteiger partial charge on any atom is 0.260 e. The fraction of sp³-hybridized carbons (Fsp3) is 0.550. The third-order valence-electron chi connectivity index (χ3n) is 5.71. The van der Waals surface area contributed by atoms with Gasteiger partial charge in [-0.3, -0.25) is 14.6 Å². The molecule has 2 aliphatic rings. The van der Waals surface area contributed by atoms with E-state index in [1.165, 1.54) is 25.7 Å². The summed E-state index contributed by atoms with van der Waals surface area (Å²) < 4.78 is 0. The van der Waals surface area contributed by atoms with Gasteiger partial charge < -0.3 is 10.2 Å². The van der Waals surface area contributed by atoms with Gasteiger partial charge in [0.05, 0.1) is 10.9 Å². The zero-order chi connectivity index (χ0) is 17.9. The minimum absolute atomic E-state index is 0.0995. The number of piperidine rings is 1. The summed E-state index contributed by atoms with van der Waals surface area (Å²) in [6.07, 6.45) is 7.39. The molecule has 2 aromatic rings. The van der Waals surface area contributed by atoms with Crippen molar-refractivity contribution in [2.24, 2.45) is 5.92 Å². The molecule has 1 aliphatic carbocycles. The molecule has 6 heteroatoms. The first-order chi connectivity index (χ1) is 12.7. The van der Waals surface area contributed by atoms with Gasteiger partial charge in [0, 0.05) is 25.6 Å². The Bertz CT molecular complexity index is 833. The Morgan fingerprint density at radius 3 is 2.65 bits per heavy atom. The molecule has 0 atom stereocenters. The van der Waals surface area contributed by atoms with Gasteiger partial charge in [-0.25, -0.2) is 4.98 Å². The highest BCUT2D eigenvalue weighted by Gasteiger charge is 2.24. The maximum absolute atomic E-state index is 12.2. The molecule has 2 heterocycles. The molecule has 6 nitrogen and oxygen atoms in total. The average molecular weight is 354 g/mol. The lowest BCUT2D eigenvalue weighted by molar-refractivity contribution is -0.122. The van der Waals surface area contributed by atoms with Crippen molar-refractivity contribution in [3.63, 3.8) is 0 Å². The molecule has 1 saturated carbocycles. The van der Waals surface area contributed by atoms with Crippen LogP contribution in [0.4, 0.5) is 5.95 Å². The van der Waals surface area contributed by atoms with Crippen molar-refractivity contribution in [2.45, 2.75) is 51.0 Å². The molecule has 1 aromatic heterocycles. The molecule has 1 aliphatic heterocycles. The predicted octanol–water partition coefficient (Wildman–Crippen LogP) is 2.59. The van der Waals surface area contributed by atoms with Crippen molar-refractivity contribution in [3.05, 3.63) is 34.6 Å². The molecule has 0 radical (unpaired) electrons. The Morgan fingerprint density at radius 1 is 1.15 bits per heavy atom. The minimum atomic E-state index is -0.0995. The number of carbonyl (C=O) groups is 1. The number of nitrogens with zero attached hydrogens (tertiary/aromatic N) is 2. The van der Waals surface area contributed by atoms with E-state index in [9.17, 15) is 9.59 Å². The quantitative estimate of drug-likeness (QED) is 0.885. The summed E-state index contributed by atoms with van der Waals surface area (Å²) in [7, 11) is 0. The zero-order valence-electron chi connectivity index (χ0n) is 15.0. The highest BCUT2D eigenvalue weighted by atomic mass is 16.1. The maximum atomic E-state index is 12.2. The van der Waals surface area contributed by atoms with Gasteiger partial charge in [0.15, 0.2) is 0 Å². The Morgan fingerprint density at radius 2 is 1.88 bits per heavy atom. The molecule has 0 spiro atoms. The first kappa shape index (κ1) is 17.1. The number of anilines is 1. The zero-order valence-corrected chi connectivity index (χ0v) is 15.0. The molecule has 1 aromatic carbocycles. The second-order valence-corrected chi connectivity index (χ2v) is 7.59. The van der Waals surface area contributed by atoms with E-state index < -0.39 is 0 Å². The van der Waals surface area contributed by atoms with Crippen LogP contribution in [0.25, 0.3) is 10.9 Å². The third-order valence-corrected chi connectivity index (χ3v) is 5.71. The number of rotatable bonds is 4. The monoisotopic (exact) mass is 354 g/mol. The van der Waals surface area contributed by atoms with Gasteiger partial charge in [-0.1, -0.05) is 25.0 Å². The Hall–Kier alpha value is -2.37. The number of benzene rings is 1. The summed E-state index contributed by atoms with van der Waals surface area (Å²) in [5, 5.41) is 3.82. The molecule has 4 rings (SSSR count). The van der Waals surface area contributed by atoms with E-state index in [4.69, 9.17) is 0 Å². The second kappa shape index (κ2) is 7.48. The summed E-state index contributed by atoms with van der Waals surface area (Å²) >= 11 is 0. The molecule has 0 unspecified atom stereocenters. The topological polar surface area (TPSA) is 78.1 Å². The first-order valence-corrected chi connectivity index (χ1v) is 9.72. The number of hydrogen-bond acceptors (Lipinski definition) is 4. The number of H-pyrrole nitrogens is 1. The van der Waals surface area contributed by atoms with Crippen LogP contribution in [0.15, 0.2) is 29.1 Å². The number of aromatic nitrogens is 2. The summed E-state index contributed by atoms with van der Waals surface area (Å²) in [6.45, 7) is 1.57. The fourth-order valence-corrected chi connectivity index (χ4v) is 4.22. The second-order valence-electron chi connectivity index (χ2n) is 7.59. The first-order valence-electron chi connectivity index (χ1n) is 9.72. The molecular weight excluding hydrogens is 328 g/mol. The van der Waals surface area contributed by atoms with Crippen LogP contribution in [-0.2, 0) is 4.79 Å². The number of nitrogens with one attached hydrogen (secondary N) is 2. The highest BCUT2D eigenvalue weighted by Crippen LogP contribution is 2.27. The van der Waals surface area contributed by atoms with E-state index in [2.05, 4.69) is 20.2 Å². The molecule has 1 amide bonds. The van der Waals surface area contributed by atoms with Crippen LogP contribution in [0.3, 0.4) is 0 Å². The smallest absolute Gasteiger partial charge is 0.260 e. The lowest BCUT2D eigenvalue weighted by Gasteiger charge is -2.32. The van der Waals surface area contributed by atoms with Gasteiger partial charge in [0.1, 0.15) is 0 Å². The van der Waals surface area contributed by atoms with E-state index in [1.807, 2.05) is 18.2 Å². The van der Waals surface area contributed by atoms with Crippen LogP contribution in [0, 0.1) is 5.92 Å². The number of para-hydroxylation sites is 1. The van der Waals surface area contributed by atoms with Gasteiger partial charge in [0.25, 0.3) is 5.56 Å². The van der Waals surface area contributed by atoms with Crippen LogP contribution in [0.1, 0.15) is 44.9 Å². The molecular formula is C20H26N4O2. The summed E-state index contributed by atoms with van der Waals surface area (Å²) in [5.41, 5.74) is 0.621. The van der Waals surface area contributed by atoms with Gasteiger partial charge in [-0.05, 0) is 43.7 Å². The van der Waals surface area contributed by atoms with Crippen LogP contribution >= 0.6 is 0 Å². The van der Waals surface area contributed by atoms with Crippen molar-refractivity contribution in [3.8, 4) is 0 Å². The normalized spacial score (nSPS) is 19.2. The Balaban J connectivity index is 1.34. The van der Waals surface area contributed by atoms with E-state index in [-0.39, 0.29) is 17.5 Å². The predicted molar refractivity (Wildman–Crippen MR) is 102 cm³/mol. The molecule has 138 valence electrons. The van der Waals surface area contributed by atoms with Crippen molar-refractivity contribution >= 4 is 22.8 Å². The van der Waals surface area contributed by atoms with E-state index >= 15 is 0 Å². The van der Waals surface area contributed by atoms with Gasteiger partial charge in [-0.2, -0.15) is 0 Å². The number of fused-ring (bicyclic) bond motifs is 1. The molecule has 2 N–H and O–H groups in total. The van der Waals surface area contributed by atoms with Crippen molar-refractivity contribution in [1.29, 1.82) is 0 Å². The standard InChI is InChI=1S/C20H26N4O2/c25-18(13-14-5-1-2-6-14)21-15-9-11-24(12-10-15)20-22-17-8-4-3-7-16(17)19(26)23-20/h3-4,7-8,14-15H,1-2,5-6,9-13H2,(H,21,25)(H,22,23,26). The van der Waals surface area contributed by atoms with E-state index in [0.29, 0.717) is 23.7 Å². The van der Waals surface area contributed by atoms with E-state index in [0.717, 1.165) is 31.4 Å². The minimum Gasteiger partial charge on any atom is -0.353 e. The number of amides is 1. The lowest BCUT2D eigenvalue weighted by atomic mass is 10.0. The average Bonchev–Trinajstić information content (AvgIpc) is 3.15. The van der Waals surface area contributed by atoms with Crippen molar-refractivity contribution < 1.29 is 4.79 Å². The van der Waals surface area contributed by atoms with E-state index in [1.54, 1.807) is 6.07 Å². The largest absolute Gasteiger partial charge is 0.353 e. The molecule has 2 fully saturated rings. The molecule has 1 saturated heterocycles. The van der Waals surface area contributed by atoms with Gasteiger partial charge in [-0.15, -0.1) is 0 Å². The molecule has 26 heavy (non-hydrogen) atoms. The summed E-state index contributed by atoms with van der Waals surface area (Å²) in [5.74, 6) is 1.42. The summed E-state index contributed by atoms with van der Waals surface area (Å²) in [6, 6.07) is 7.62. The van der Waals surface area contributed by atoms with Crippen molar-refractivity contribution in [2.75, 3.05) is 18.0 Å². The lowest BCUT2D eigenvalue weighted by Crippen LogP contribution is -2.45. The van der Waals surface area contributed by atoms with Crippen LogP contribution in [0.2, 0.25) is 0 Å². The fourth-order valence-electron chi connectivity index (χ4n) is 4.22. The summed E-state index contributed by atoms with van der Waals surface area (Å²) in [4.78, 5) is 34.1. The number of hydrogen-bond donors (Lipinski definition) is 2. The van der Waals surface area contributed by atoms with Crippen molar-refractivity contribution in [1.82, 2.24) is 15.3 Å².